The van der Waals surface area contributed by atoms with Gasteiger partial charge in [0.1, 0.15) is 11.6 Å². The lowest BCUT2D eigenvalue weighted by molar-refractivity contribution is 0.0922. The van der Waals surface area contributed by atoms with Crippen LogP contribution in [0.5, 0.6) is 0 Å². The maximum absolute atomic E-state index is 12.9. The van der Waals surface area contributed by atoms with Crippen molar-refractivity contribution in [3.63, 3.8) is 0 Å². The summed E-state index contributed by atoms with van der Waals surface area (Å²) in [5.74, 6) is -0.855. The number of carbonyl (C=O) groups excluding carboxylic acids is 1. The molecule has 2 aromatic carbocycles. The van der Waals surface area contributed by atoms with Crippen LogP contribution in [0, 0.1) is 11.6 Å². The highest BCUT2D eigenvalue weighted by atomic mass is 32.1. The number of nitrogens with one attached hydrogen (secondary N) is 2. The minimum atomic E-state index is -0.364. The number of anilines is 1. The fourth-order valence-corrected chi connectivity index (χ4v) is 3.13. The van der Waals surface area contributed by atoms with E-state index in [2.05, 4.69) is 10.6 Å². The highest BCUT2D eigenvalue weighted by Crippen LogP contribution is 2.15. The summed E-state index contributed by atoms with van der Waals surface area (Å²) in [6, 6.07) is 11.6. The van der Waals surface area contributed by atoms with Gasteiger partial charge in [-0.3, -0.25) is 4.79 Å². The smallest absolute Gasteiger partial charge is 0.251 e. The van der Waals surface area contributed by atoms with Crippen molar-refractivity contribution in [2.45, 2.75) is 18.9 Å². The van der Waals surface area contributed by atoms with Gasteiger partial charge in [-0.05, 0) is 73.6 Å². The third-order valence-corrected chi connectivity index (χ3v) is 4.68. The van der Waals surface area contributed by atoms with Crippen molar-refractivity contribution in [1.29, 1.82) is 0 Å². The van der Waals surface area contributed by atoms with Crippen LogP contribution >= 0.6 is 12.2 Å². The summed E-state index contributed by atoms with van der Waals surface area (Å²) in [5.41, 5.74) is 1.19. The first-order chi connectivity index (χ1) is 12.5. The summed E-state index contributed by atoms with van der Waals surface area (Å²) < 4.78 is 25.9. The first-order valence-corrected chi connectivity index (χ1v) is 8.80. The quantitative estimate of drug-likeness (QED) is 0.806. The molecule has 0 unspecified atom stereocenters. The van der Waals surface area contributed by atoms with E-state index in [1.54, 1.807) is 12.1 Å². The summed E-state index contributed by atoms with van der Waals surface area (Å²) in [6.07, 6.45) is 1.52. The van der Waals surface area contributed by atoms with Gasteiger partial charge in [-0.1, -0.05) is 0 Å². The first kappa shape index (κ1) is 18.3. The Labute approximate surface area is 156 Å². The molecule has 1 fully saturated rings. The van der Waals surface area contributed by atoms with Gasteiger partial charge in [-0.15, -0.1) is 0 Å². The molecule has 1 heterocycles. The van der Waals surface area contributed by atoms with E-state index in [1.807, 2.05) is 4.90 Å². The number of rotatable bonds is 3. The molecule has 4 nitrogen and oxygen atoms in total. The third-order valence-electron chi connectivity index (χ3n) is 4.32. The predicted molar refractivity (Wildman–Crippen MR) is 101 cm³/mol. The Hall–Kier alpha value is -2.54. The lowest BCUT2D eigenvalue weighted by Crippen LogP contribution is -2.47. The largest absolute Gasteiger partial charge is 0.349 e. The second-order valence-corrected chi connectivity index (χ2v) is 6.57. The van der Waals surface area contributed by atoms with Crippen LogP contribution in [0.3, 0.4) is 0 Å². The number of likely N-dealkylation sites (tertiary alicyclic amines) is 1. The van der Waals surface area contributed by atoms with Crippen LogP contribution in [-0.4, -0.2) is 35.1 Å². The van der Waals surface area contributed by atoms with E-state index in [1.165, 1.54) is 36.4 Å². The van der Waals surface area contributed by atoms with Crippen LogP contribution in [0.25, 0.3) is 0 Å². The summed E-state index contributed by atoms with van der Waals surface area (Å²) >= 11 is 5.40. The van der Waals surface area contributed by atoms with Gasteiger partial charge in [0.2, 0.25) is 0 Å². The van der Waals surface area contributed by atoms with Gasteiger partial charge in [0, 0.05) is 30.4 Å². The van der Waals surface area contributed by atoms with Gasteiger partial charge in [-0.2, -0.15) is 0 Å². The van der Waals surface area contributed by atoms with E-state index in [0.29, 0.717) is 23.8 Å². The number of amides is 1. The monoisotopic (exact) mass is 375 g/mol. The van der Waals surface area contributed by atoms with Crippen LogP contribution in [0.1, 0.15) is 23.2 Å². The number of nitrogens with zero attached hydrogens (tertiary/aromatic N) is 1. The van der Waals surface area contributed by atoms with Crippen LogP contribution in [-0.2, 0) is 0 Å². The van der Waals surface area contributed by atoms with Crippen molar-refractivity contribution in [1.82, 2.24) is 10.2 Å². The first-order valence-electron chi connectivity index (χ1n) is 8.39. The van der Waals surface area contributed by atoms with E-state index < -0.39 is 0 Å². The van der Waals surface area contributed by atoms with Crippen molar-refractivity contribution in [3.8, 4) is 0 Å². The number of piperidine rings is 1. The minimum Gasteiger partial charge on any atom is -0.349 e. The van der Waals surface area contributed by atoms with Crippen molar-refractivity contribution in [2.75, 3.05) is 18.4 Å². The molecular weight excluding hydrogens is 356 g/mol. The van der Waals surface area contributed by atoms with Gasteiger partial charge in [0.25, 0.3) is 5.91 Å². The van der Waals surface area contributed by atoms with Gasteiger partial charge >= 0.3 is 0 Å². The summed E-state index contributed by atoms with van der Waals surface area (Å²) in [7, 11) is 0. The topological polar surface area (TPSA) is 44.4 Å². The van der Waals surface area contributed by atoms with Crippen LogP contribution in [0.4, 0.5) is 14.5 Å². The molecule has 0 bridgehead atoms. The molecule has 2 aromatic rings. The Morgan fingerprint density at radius 1 is 0.962 bits per heavy atom. The second kappa shape index (κ2) is 8.23. The number of thiocarbonyl (C=S) groups is 1. The van der Waals surface area contributed by atoms with Gasteiger partial charge < -0.3 is 15.5 Å². The maximum Gasteiger partial charge on any atom is 0.251 e. The predicted octanol–water partition coefficient (Wildman–Crippen LogP) is 3.56. The number of carbonyl (C=O) groups is 1. The van der Waals surface area contributed by atoms with Crippen LogP contribution in [0.2, 0.25) is 0 Å². The maximum atomic E-state index is 12.9. The molecule has 0 aliphatic carbocycles. The lowest BCUT2D eigenvalue weighted by Gasteiger charge is -2.34. The highest BCUT2D eigenvalue weighted by molar-refractivity contribution is 7.80. The molecular formula is C19H19F2N3OS. The van der Waals surface area contributed by atoms with Crippen molar-refractivity contribution in [3.05, 3.63) is 65.7 Å². The molecule has 0 saturated carbocycles. The normalized spacial score (nSPS) is 14.8. The number of hydrogen-bond donors (Lipinski definition) is 2. The molecule has 0 aromatic heterocycles. The molecule has 1 saturated heterocycles. The lowest BCUT2D eigenvalue weighted by atomic mass is 10.0. The summed E-state index contributed by atoms with van der Waals surface area (Å²) in [6.45, 7) is 1.42. The molecule has 1 aliphatic heterocycles. The van der Waals surface area contributed by atoms with Crippen LogP contribution in [0.15, 0.2) is 48.5 Å². The zero-order chi connectivity index (χ0) is 18.5. The Bertz CT molecular complexity index is 772. The van der Waals surface area contributed by atoms with Gasteiger partial charge in [-0.25, -0.2) is 8.78 Å². The molecule has 1 amide bonds. The number of benzene rings is 2. The Kier molecular flexibility index (Phi) is 5.78. The summed E-state index contributed by atoms with van der Waals surface area (Å²) in [5, 5.41) is 6.65. The van der Waals surface area contributed by atoms with Gasteiger partial charge in [0.15, 0.2) is 5.11 Å². The fourth-order valence-electron chi connectivity index (χ4n) is 2.83. The van der Waals surface area contributed by atoms with E-state index >= 15 is 0 Å². The average molecular weight is 375 g/mol. The molecule has 1 aliphatic rings. The molecule has 136 valence electrons. The molecule has 26 heavy (non-hydrogen) atoms. The zero-order valence-corrected chi connectivity index (χ0v) is 14.9. The Morgan fingerprint density at radius 3 is 2.08 bits per heavy atom. The van der Waals surface area contributed by atoms with E-state index in [4.69, 9.17) is 12.2 Å². The standard InChI is InChI=1S/C19H19F2N3OS/c20-14-3-1-13(2-4-14)18(25)22-17-9-11-24(12-10-17)19(26)23-16-7-5-15(21)6-8-16/h1-8,17H,9-12H2,(H,22,25)(H,23,26). The molecule has 2 N–H and O–H groups in total. The average Bonchev–Trinajstić information content (AvgIpc) is 2.64. The molecule has 0 spiro atoms. The molecule has 0 atom stereocenters. The third kappa shape index (κ3) is 4.76. The van der Waals surface area contributed by atoms with Crippen molar-refractivity contribution in [2.24, 2.45) is 0 Å². The van der Waals surface area contributed by atoms with E-state index in [9.17, 15) is 13.6 Å². The summed E-state index contributed by atoms with van der Waals surface area (Å²) in [4.78, 5) is 14.2. The fraction of sp³-hybridized carbons (Fsp3) is 0.263. The molecule has 0 radical (unpaired) electrons. The highest BCUT2D eigenvalue weighted by Gasteiger charge is 2.22. The van der Waals surface area contributed by atoms with Gasteiger partial charge in [0.05, 0.1) is 0 Å². The Balaban J connectivity index is 1.47. The SMILES string of the molecule is O=C(NC1CCN(C(=S)Nc2ccc(F)cc2)CC1)c1ccc(F)cc1. The molecule has 3 rings (SSSR count). The number of halogens is 2. The molecule has 7 heteroatoms. The van der Waals surface area contributed by atoms with E-state index in [0.717, 1.165) is 18.5 Å². The Morgan fingerprint density at radius 2 is 1.50 bits per heavy atom. The van der Waals surface area contributed by atoms with Crippen molar-refractivity contribution >= 4 is 28.9 Å². The number of hydrogen-bond acceptors (Lipinski definition) is 2. The second-order valence-electron chi connectivity index (χ2n) is 6.18. The van der Waals surface area contributed by atoms with Crippen molar-refractivity contribution < 1.29 is 13.6 Å². The van der Waals surface area contributed by atoms with E-state index in [-0.39, 0.29) is 23.6 Å². The zero-order valence-electron chi connectivity index (χ0n) is 14.0. The van der Waals surface area contributed by atoms with Crippen LogP contribution < -0.4 is 10.6 Å². The minimum absolute atomic E-state index is 0.0532.